The van der Waals surface area contributed by atoms with Crippen molar-refractivity contribution in [1.82, 2.24) is 0 Å². The maximum atomic E-state index is 10.9. The van der Waals surface area contributed by atoms with E-state index in [1.54, 1.807) is 0 Å². The van der Waals surface area contributed by atoms with E-state index in [-0.39, 0.29) is 6.61 Å². The summed E-state index contributed by atoms with van der Waals surface area (Å²) in [5, 5.41) is 21.5. The van der Waals surface area contributed by atoms with Crippen LogP contribution < -0.4 is 0 Å². The van der Waals surface area contributed by atoms with Crippen molar-refractivity contribution in [2.75, 3.05) is 13.2 Å². The fraction of sp³-hybridized carbons (Fsp3) is 0.520. The minimum Gasteiger partial charge on any atom is -0.387 e. The molecule has 1 aliphatic heterocycles. The van der Waals surface area contributed by atoms with Gasteiger partial charge in [0.15, 0.2) is 6.29 Å². The van der Waals surface area contributed by atoms with E-state index in [2.05, 4.69) is 19.6 Å². The van der Waals surface area contributed by atoms with Gasteiger partial charge in [0.1, 0.15) is 24.4 Å². The minimum atomic E-state index is -1.30. The smallest absolute Gasteiger partial charge is 0.186 e. The van der Waals surface area contributed by atoms with Gasteiger partial charge >= 0.3 is 0 Å². The lowest BCUT2D eigenvalue weighted by atomic mass is 9.99. The minimum absolute atomic E-state index is 0.145. The molecule has 0 aliphatic carbocycles. The van der Waals surface area contributed by atoms with Gasteiger partial charge in [0.2, 0.25) is 0 Å². The van der Waals surface area contributed by atoms with Crippen molar-refractivity contribution in [1.29, 1.82) is 0 Å². The van der Waals surface area contributed by atoms with Gasteiger partial charge in [0, 0.05) is 14.7 Å². The number of ether oxygens (including phenoxy) is 4. The highest BCUT2D eigenvalue weighted by Gasteiger charge is 2.46. The van der Waals surface area contributed by atoms with E-state index in [1.807, 2.05) is 60.7 Å². The van der Waals surface area contributed by atoms with Gasteiger partial charge in [-0.3, -0.25) is 0 Å². The lowest BCUT2D eigenvalue weighted by molar-refractivity contribution is -0.312. The van der Waals surface area contributed by atoms with Crippen LogP contribution in [-0.4, -0.2) is 62.2 Å². The molecular weight excluding hydrogens is 424 g/mol. The van der Waals surface area contributed by atoms with Crippen LogP contribution in [0.5, 0.6) is 0 Å². The molecule has 0 aromatic heterocycles. The zero-order valence-corrected chi connectivity index (χ0v) is 20.2. The van der Waals surface area contributed by atoms with E-state index >= 15 is 0 Å². The molecule has 2 N–H and O–H groups in total. The topological polar surface area (TPSA) is 77.4 Å². The molecule has 5 atom stereocenters. The zero-order chi connectivity index (χ0) is 23.0. The average molecular weight is 461 g/mol. The van der Waals surface area contributed by atoms with Crippen LogP contribution in [-0.2, 0) is 32.2 Å². The summed E-state index contributed by atoms with van der Waals surface area (Å²) < 4.78 is 23.8. The average Bonchev–Trinajstić information content (AvgIpc) is 2.77. The van der Waals surface area contributed by atoms with Crippen LogP contribution in [0.1, 0.15) is 11.1 Å². The van der Waals surface area contributed by atoms with Crippen LogP contribution in [0.2, 0.25) is 25.7 Å². The van der Waals surface area contributed by atoms with E-state index < -0.39 is 38.8 Å². The lowest BCUT2D eigenvalue weighted by Crippen LogP contribution is -2.60. The number of hydrogen-bond donors (Lipinski definition) is 2. The highest BCUT2D eigenvalue weighted by molar-refractivity contribution is 6.76. The van der Waals surface area contributed by atoms with E-state index in [0.717, 1.165) is 17.2 Å². The summed E-state index contributed by atoms with van der Waals surface area (Å²) in [5.41, 5.74) is 2.01. The van der Waals surface area contributed by atoms with Crippen LogP contribution in [0.3, 0.4) is 0 Å². The quantitative estimate of drug-likeness (QED) is 0.499. The maximum absolute atomic E-state index is 10.9. The van der Waals surface area contributed by atoms with E-state index in [1.165, 1.54) is 0 Å². The summed E-state index contributed by atoms with van der Waals surface area (Å²) >= 11 is 0. The molecule has 1 saturated heterocycles. The Kier molecular flexibility index (Phi) is 9.42. The van der Waals surface area contributed by atoms with Gasteiger partial charge in [-0.1, -0.05) is 80.3 Å². The van der Waals surface area contributed by atoms with Gasteiger partial charge < -0.3 is 29.2 Å². The molecule has 0 saturated carbocycles. The van der Waals surface area contributed by atoms with Gasteiger partial charge in [0.05, 0.1) is 19.8 Å². The van der Waals surface area contributed by atoms with Gasteiger partial charge in [0.25, 0.3) is 0 Å². The molecule has 0 bridgehead atoms. The maximum Gasteiger partial charge on any atom is 0.186 e. The molecule has 3 rings (SSSR count). The molecule has 7 heteroatoms. The van der Waals surface area contributed by atoms with Crippen molar-refractivity contribution in [2.24, 2.45) is 0 Å². The van der Waals surface area contributed by atoms with Gasteiger partial charge in [-0.2, -0.15) is 0 Å². The predicted octanol–water partition coefficient (Wildman–Crippen LogP) is 3.59. The largest absolute Gasteiger partial charge is 0.387 e. The Morgan fingerprint density at radius 3 is 2.00 bits per heavy atom. The molecule has 1 aliphatic rings. The van der Waals surface area contributed by atoms with Gasteiger partial charge in [-0.05, 0) is 17.2 Å². The Labute approximate surface area is 192 Å². The summed E-state index contributed by atoms with van der Waals surface area (Å²) in [5.74, 6) is 0. The van der Waals surface area contributed by atoms with Crippen LogP contribution in [0.25, 0.3) is 0 Å². The fourth-order valence-electron chi connectivity index (χ4n) is 3.47. The molecule has 0 unspecified atom stereocenters. The number of benzene rings is 2. The summed E-state index contributed by atoms with van der Waals surface area (Å²) in [4.78, 5) is 0. The third kappa shape index (κ3) is 7.77. The Bertz CT molecular complexity index is 780. The standard InChI is InChI=1S/C25H36O6Si/c1-32(2,3)15-14-29-25-24(30-17-20-12-8-5-9-13-20)23(27)22(26)21(31-25)18-28-16-19-10-6-4-7-11-19/h4-13,21-27H,14-18H2,1-3H3/t21-,22+,23+,24-,25-/m1/s1. The SMILES string of the molecule is C[Si](C)(C)CCO[C@@H]1O[C@H](COCc2ccccc2)[C@H](O)[C@H](O)[C@H]1OCc1ccccc1. The Balaban J connectivity index is 1.61. The lowest BCUT2D eigenvalue weighted by Gasteiger charge is -2.42. The molecule has 2 aromatic rings. The molecule has 0 amide bonds. The summed E-state index contributed by atoms with van der Waals surface area (Å²) in [6.07, 6.45) is -4.56. The number of rotatable bonds is 11. The van der Waals surface area contributed by atoms with E-state index in [4.69, 9.17) is 18.9 Å². The van der Waals surface area contributed by atoms with Crippen LogP contribution >= 0.6 is 0 Å². The monoisotopic (exact) mass is 460 g/mol. The molecule has 32 heavy (non-hydrogen) atoms. The second kappa shape index (κ2) is 12.0. The van der Waals surface area contributed by atoms with Crippen molar-refractivity contribution in [3.63, 3.8) is 0 Å². The van der Waals surface area contributed by atoms with Crippen LogP contribution in [0.4, 0.5) is 0 Å². The zero-order valence-electron chi connectivity index (χ0n) is 19.2. The number of aliphatic hydroxyl groups is 2. The van der Waals surface area contributed by atoms with Crippen LogP contribution in [0, 0.1) is 0 Å². The van der Waals surface area contributed by atoms with E-state index in [9.17, 15) is 10.2 Å². The van der Waals surface area contributed by atoms with Crippen molar-refractivity contribution in [3.05, 3.63) is 71.8 Å². The van der Waals surface area contributed by atoms with Gasteiger partial charge in [-0.15, -0.1) is 0 Å². The van der Waals surface area contributed by atoms with Crippen molar-refractivity contribution < 1.29 is 29.2 Å². The number of hydrogen-bond acceptors (Lipinski definition) is 6. The first kappa shape index (κ1) is 25.0. The summed E-state index contributed by atoms with van der Waals surface area (Å²) in [7, 11) is -1.30. The third-order valence-electron chi connectivity index (χ3n) is 5.46. The first-order valence-corrected chi connectivity index (χ1v) is 14.9. The molecule has 0 spiro atoms. The Hall–Kier alpha value is -1.58. The van der Waals surface area contributed by atoms with E-state index in [0.29, 0.717) is 19.8 Å². The second-order valence-corrected chi connectivity index (χ2v) is 15.1. The first-order valence-electron chi connectivity index (χ1n) is 11.2. The highest BCUT2D eigenvalue weighted by atomic mass is 28.3. The molecule has 2 aromatic carbocycles. The fourth-order valence-corrected chi connectivity index (χ4v) is 4.20. The molecular formula is C25H36O6Si. The normalized spacial score (nSPS) is 26.2. The Morgan fingerprint density at radius 1 is 0.812 bits per heavy atom. The number of aliphatic hydroxyl groups excluding tert-OH is 2. The van der Waals surface area contributed by atoms with Crippen LogP contribution in [0.15, 0.2) is 60.7 Å². The van der Waals surface area contributed by atoms with Crippen molar-refractivity contribution in [2.45, 2.75) is 69.6 Å². The third-order valence-corrected chi connectivity index (χ3v) is 7.16. The van der Waals surface area contributed by atoms with Gasteiger partial charge in [-0.25, -0.2) is 0 Å². The first-order chi connectivity index (χ1) is 15.3. The highest BCUT2D eigenvalue weighted by Crippen LogP contribution is 2.26. The van der Waals surface area contributed by atoms with Crippen molar-refractivity contribution >= 4 is 8.07 Å². The molecule has 6 nitrogen and oxygen atoms in total. The molecule has 0 radical (unpaired) electrons. The van der Waals surface area contributed by atoms with Crippen molar-refractivity contribution in [3.8, 4) is 0 Å². The summed E-state index contributed by atoms with van der Waals surface area (Å²) in [6, 6.07) is 20.5. The Morgan fingerprint density at radius 2 is 1.41 bits per heavy atom. The molecule has 176 valence electrons. The summed E-state index contributed by atoms with van der Waals surface area (Å²) in [6.45, 7) is 8.19. The predicted molar refractivity (Wildman–Crippen MR) is 126 cm³/mol. The second-order valence-electron chi connectivity index (χ2n) is 9.47. The molecule has 1 heterocycles. The molecule has 1 fully saturated rings.